The molecule has 20 heteroatoms. The topological polar surface area (TPSA) is 247 Å². The van der Waals surface area contributed by atoms with Crippen LogP contribution in [0.2, 0.25) is 0 Å². The zero-order chi connectivity index (χ0) is 57.6. The van der Waals surface area contributed by atoms with Crippen LogP contribution in [0.5, 0.6) is 0 Å². The third-order valence-electron chi connectivity index (χ3n) is 13.4. The Morgan fingerprint density at radius 1 is 0.494 bits per heavy atom. The molecule has 2 aromatic carbocycles. The highest BCUT2D eigenvalue weighted by Crippen LogP contribution is 2.24. The Morgan fingerprint density at radius 3 is 1.16 bits per heavy atom. The van der Waals surface area contributed by atoms with Crippen LogP contribution in [-0.4, -0.2) is 160 Å². The normalized spacial score (nSPS) is 23.6. The first-order valence-corrected chi connectivity index (χ1v) is 26.4. The minimum atomic E-state index is -1.58. The smallest absolute Gasteiger partial charge is 0.329 e. The van der Waals surface area contributed by atoms with Crippen LogP contribution in [0.3, 0.4) is 0 Å². The van der Waals surface area contributed by atoms with E-state index in [1.165, 1.54) is 59.1 Å². The van der Waals surface area contributed by atoms with E-state index in [0.717, 1.165) is 25.2 Å². The van der Waals surface area contributed by atoms with Gasteiger partial charge >= 0.3 is 23.9 Å². The summed E-state index contributed by atoms with van der Waals surface area (Å²) in [6.07, 6.45) is -3.16. The van der Waals surface area contributed by atoms with Gasteiger partial charge in [0.05, 0.1) is 18.3 Å². The number of benzene rings is 2. The van der Waals surface area contributed by atoms with E-state index in [1.54, 1.807) is 54.6 Å². The lowest BCUT2D eigenvalue weighted by atomic mass is 9.99. The Kier molecular flexibility index (Phi) is 22.9. The quantitative estimate of drug-likeness (QED) is 0.155. The molecule has 1 fully saturated rings. The predicted octanol–water partition coefficient (Wildman–Crippen LogP) is 5.01. The van der Waals surface area contributed by atoms with Gasteiger partial charge in [-0.05, 0) is 79.9 Å². The number of cyclic esters (lactones) is 4. The zero-order valence-electron chi connectivity index (χ0n) is 47.3. The van der Waals surface area contributed by atoms with Gasteiger partial charge in [-0.2, -0.15) is 5.10 Å². The molecule has 4 rings (SSSR count). The Balaban J connectivity index is 1.85. The number of ether oxygens (including phenoxy) is 4. The summed E-state index contributed by atoms with van der Waals surface area (Å²) in [5, 5.41) is 4.19. The maximum atomic E-state index is 14.9. The number of esters is 4. The number of carbonyl (C=O) groups excluding carboxylic acids is 9. The maximum absolute atomic E-state index is 14.9. The van der Waals surface area contributed by atoms with Crippen molar-refractivity contribution in [1.82, 2.24) is 29.4 Å². The van der Waals surface area contributed by atoms with Gasteiger partial charge in [0.15, 0.2) is 24.4 Å². The maximum Gasteiger partial charge on any atom is 0.329 e. The van der Waals surface area contributed by atoms with Crippen molar-refractivity contribution >= 4 is 53.4 Å². The molecule has 1 aliphatic rings. The van der Waals surface area contributed by atoms with Crippen molar-refractivity contribution < 1.29 is 62.1 Å². The van der Waals surface area contributed by atoms with Crippen LogP contribution in [0.25, 0.3) is 0 Å². The van der Waals surface area contributed by atoms with E-state index >= 15 is 0 Å². The summed E-state index contributed by atoms with van der Waals surface area (Å²) in [6, 6.07) is 10.7. The largest absolute Gasteiger partial charge is 0.451 e. The second kappa shape index (κ2) is 28.3. The monoisotopic (exact) mass is 1070 g/mol. The highest BCUT2D eigenvalue weighted by molar-refractivity contribution is 5.95. The lowest BCUT2D eigenvalue weighted by molar-refractivity contribution is -0.176. The molecule has 0 bridgehead atoms. The number of nitrogens with two attached hydrogens (primary N) is 1. The molecule has 0 unspecified atom stereocenters. The van der Waals surface area contributed by atoms with Gasteiger partial charge in [0.25, 0.3) is 29.5 Å². The summed E-state index contributed by atoms with van der Waals surface area (Å²) in [5.74, 6) is -8.18. The predicted molar refractivity (Wildman–Crippen MR) is 285 cm³/mol. The molecular weight excluding hydrogens is 991 g/mol. The molecule has 20 nitrogen and oxygen atoms in total. The summed E-state index contributed by atoms with van der Waals surface area (Å²) in [7, 11) is 5.49. The van der Waals surface area contributed by atoms with Gasteiger partial charge < -0.3 is 44.3 Å². The summed E-state index contributed by atoms with van der Waals surface area (Å²) in [4.78, 5) is 132. The van der Waals surface area contributed by atoms with E-state index in [2.05, 4.69) is 5.10 Å². The summed E-state index contributed by atoms with van der Waals surface area (Å²) < 4.78 is 25.5. The fourth-order valence-electron chi connectivity index (χ4n) is 9.07. The molecule has 0 spiro atoms. The van der Waals surface area contributed by atoms with Crippen LogP contribution in [0.4, 0.5) is 0 Å². The second-order valence-electron chi connectivity index (χ2n) is 21.9. The summed E-state index contributed by atoms with van der Waals surface area (Å²) in [5.41, 5.74) is 7.60. The zero-order valence-corrected chi connectivity index (χ0v) is 47.3. The van der Waals surface area contributed by atoms with Gasteiger partial charge in [0, 0.05) is 47.2 Å². The van der Waals surface area contributed by atoms with Crippen molar-refractivity contribution in [3.63, 3.8) is 0 Å². The molecule has 77 heavy (non-hydrogen) atoms. The van der Waals surface area contributed by atoms with Gasteiger partial charge in [-0.3, -0.25) is 28.7 Å². The number of nitrogens with zero attached hydrogens (tertiary/aromatic N) is 6. The van der Waals surface area contributed by atoms with Crippen LogP contribution >= 0.6 is 0 Å². The first-order chi connectivity index (χ1) is 36.1. The standard InChI is InChI=1S/C57H81N7O13/c1-33(2)24-43-54(70)74-38(10)51(67)61(12)46(27-36(7)8)57(73)77-48(29-40-20-22-41(23-21-40)31-64-32-42(30-59-64)49(58)65)53(69)63(14)44(25-34(3)4)55(71)75-37(9)50(66)60(11)45(26-35(5)6)56(72)76-47(52(68)62(43)13)28-39-18-16-15-17-19-39/h15-23,30,32-38,43-48H,24-29,31H2,1-14H3,(H2,58,65)/t37-,38-,43+,44+,45+,46+,47-,48-/m1/s1. The molecule has 0 radical (unpaired) electrons. The molecule has 2 N–H and O–H groups in total. The summed E-state index contributed by atoms with van der Waals surface area (Å²) in [6.45, 7) is 17.7. The number of carbonyl (C=O) groups is 9. The van der Waals surface area contributed by atoms with Crippen LogP contribution in [0.15, 0.2) is 67.0 Å². The Morgan fingerprint density at radius 2 is 0.818 bits per heavy atom. The molecule has 0 saturated carbocycles. The number of aromatic nitrogens is 2. The number of amides is 5. The van der Waals surface area contributed by atoms with Crippen molar-refractivity contribution in [2.24, 2.45) is 29.4 Å². The fraction of sp³-hybridized carbons (Fsp3) is 0.579. The number of hydrogen-bond donors (Lipinski definition) is 1. The number of rotatable bonds is 15. The molecule has 8 atom stereocenters. The van der Waals surface area contributed by atoms with Gasteiger partial charge in [0.2, 0.25) is 0 Å². The van der Waals surface area contributed by atoms with Crippen molar-refractivity contribution in [2.75, 3.05) is 28.2 Å². The molecule has 3 aromatic rings. The third-order valence-corrected chi connectivity index (χ3v) is 13.4. The van der Waals surface area contributed by atoms with E-state index in [4.69, 9.17) is 24.7 Å². The van der Waals surface area contributed by atoms with E-state index in [1.807, 2.05) is 55.4 Å². The van der Waals surface area contributed by atoms with Crippen molar-refractivity contribution in [2.45, 2.75) is 163 Å². The first-order valence-electron chi connectivity index (χ1n) is 26.4. The molecular formula is C57H81N7O13. The van der Waals surface area contributed by atoms with E-state index in [0.29, 0.717) is 11.1 Å². The van der Waals surface area contributed by atoms with Crippen molar-refractivity contribution in [3.05, 3.63) is 89.2 Å². The molecule has 2 heterocycles. The number of likely N-dealkylation sites (N-methyl/N-ethyl adjacent to an activating group) is 4. The average Bonchev–Trinajstić information content (AvgIpc) is 3.85. The van der Waals surface area contributed by atoms with Gasteiger partial charge in [-0.25, -0.2) is 19.2 Å². The molecule has 0 aliphatic carbocycles. The van der Waals surface area contributed by atoms with Crippen LogP contribution in [-0.2, 0) is 76.7 Å². The van der Waals surface area contributed by atoms with Crippen LogP contribution in [0.1, 0.15) is 122 Å². The molecule has 1 saturated heterocycles. The van der Waals surface area contributed by atoms with Gasteiger partial charge in [-0.1, -0.05) is 110 Å². The summed E-state index contributed by atoms with van der Waals surface area (Å²) >= 11 is 0. The highest BCUT2D eigenvalue weighted by atomic mass is 16.6. The Hall–Kier alpha value is -7.12. The lowest BCUT2D eigenvalue weighted by Gasteiger charge is -2.35. The minimum Gasteiger partial charge on any atom is -0.451 e. The second-order valence-corrected chi connectivity index (χ2v) is 21.9. The van der Waals surface area contributed by atoms with E-state index < -0.39 is 102 Å². The van der Waals surface area contributed by atoms with E-state index in [-0.39, 0.29) is 74.3 Å². The lowest BCUT2D eigenvalue weighted by Crippen LogP contribution is -2.55. The molecule has 1 aromatic heterocycles. The molecule has 5 amide bonds. The van der Waals surface area contributed by atoms with Crippen LogP contribution < -0.4 is 5.73 Å². The Bertz CT molecular complexity index is 2510. The van der Waals surface area contributed by atoms with Crippen molar-refractivity contribution in [3.8, 4) is 0 Å². The molecule has 1 aliphatic heterocycles. The SMILES string of the molecule is CC(C)C[C@H]1C(=O)O[C@H](Cc2ccc(Cn3cc(C(N)=O)cn3)cc2)C(=O)N(C)[C@@H](CC(C)C)C(=O)O[C@H](C)C(=O)N(C)[C@@H](CC(C)C)C(=O)O[C@H](Cc2ccccc2)C(=O)N(C)[C@@H](CC(C)C)C(=O)O[C@H](C)C(=O)N1C. The minimum absolute atomic E-state index is 0.0630. The van der Waals surface area contributed by atoms with Gasteiger partial charge in [0.1, 0.15) is 24.2 Å². The molecule has 422 valence electrons. The van der Waals surface area contributed by atoms with Gasteiger partial charge in [-0.15, -0.1) is 0 Å². The van der Waals surface area contributed by atoms with Crippen molar-refractivity contribution in [1.29, 1.82) is 0 Å². The fourth-order valence-corrected chi connectivity index (χ4v) is 9.07. The van der Waals surface area contributed by atoms with E-state index in [9.17, 15) is 43.2 Å². The third kappa shape index (κ3) is 17.7. The first kappa shape index (κ1) is 62.4. The highest BCUT2D eigenvalue weighted by Gasteiger charge is 2.43. The average molecular weight is 1070 g/mol. The Labute approximate surface area is 453 Å². The van der Waals surface area contributed by atoms with Crippen LogP contribution in [0, 0.1) is 23.7 Å². The number of hydrogen-bond acceptors (Lipinski definition) is 14. The number of primary amides is 1.